The molecule has 0 aromatic heterocycles. The predicted octanol–water partition coefficient (Wildman–Crippen LogP) is -0.337. The number of methoxy groups -OCH3 is 2. The highest BCUT2D eigenvalue weighted by Gasteiger charge is 1.96. The second-order valence-electron chi connectivity index (χ2n) is 0.878. The summed E-state index contributed by atoms with van der Waals surface area (Å²) < 4.78 is 13.5. The number of rotatable bonds is 3. The van der Waals surface area contributed by atoms with Crippen molar-refractivity contribution in [3.63, 3.8) is 0 Å². The van der Waals surface area contributed by atoms with E-state index in [0.717, 1.165) is 0 Å². The summed E-state index contributed by atoms with van der Waals surface area (Å²) >= 11 is 0. The quantitative estimate of drug-likeness (QED) is 0.376. The topological polar surface area (TPSA) is 27.7 Å². The van der Waals surface area contributed by atoms with E-state index in [1.807, 2.05) is 0 Å². The lowest BCUT2D eigenvalue weighted by atomic mass is 11.2. The Morgan fingerprint density at radius 2 is 1.71 bits per heavy atom. The fourth-order valence-corrected chi connectivity index (χ4v) is 0.385. The molecular formula is C3H7O3Si. The standard InChI is InChI=1S/C3H7O3Si/c1-4-3(5-2)6-7/h3H,1-2H3. The Morgan fingerprint density at radius 1 is 1.29 bits per heavy atom. The Morgan fingerprint density at radius 3 is 1.71 bits per heavy atom. The zero-order valence-corrected chi connectivity index (χ0v) is 5.30. The van der Waals surface area contributed by atoms with Crippen LogP contribution in [0.2, 0.25) is 0 Å². The molecule has 0 rings (SSSR count). The molecule has 4 heteroatoms. The van der Waals surface area contributed by atoms with Crippen LogP contribution in [0.4, 0.5) is 0 Å². The second kappa shape index (κ2) is 4.26. The SMILES string of the molecule is COC(OC)O[Si]. The van der Waals surface area contributed by atoms with Crippen molar-refractivity contribution in [3.8, 4) is 0 Å². The van der Waals surface area contributed by atoms with Gasteiger partial charge in [0.15, 0.2) is 0 Å². The first kappa shape index (κ1) is 7.10. The maximum absolute atomic E-state index is 4.56. The molecule has 0 unspecified atom stereocenters. The summed E-state index contributed by atoms with van der Waals surface area (Å²) in [5.74, 6) is 0. The molecule has 0 fully saturated rings. The van der Waals surface area contributed by atoms with E-state index in [1.165, 1.54) is 14.2 Å². The average Bonchev–Trinajstić information content (AvgIpc) is 1.72. The Balaban J connectivity index is 2.99. The maximum atomic E-state index is 4.56. The van der Waals surface area contributed by atoms with E-state index in [1.54, 1.807) is 0 Å². The van der Waals surface area contributed by atoms with Crippen molar-refractivity contribution >= 4 is 10.5 Å². The third kappa shape index (κ3) is 2.75. The van der Waals surface area contributed by atoms with Crippen LogP contribution in [0.15, 0.2) is 0 Å². The molecule has 0 aromatic carbocycles. The fraction of sp³-hybridized carbons (Fsp3) is 1.00. The van der Waals surface area contributed by atoms with Crippen molar-refractivity contribution in [2.24, 2.45) is 0 Å². The minimum atomic E-state index is -0.600. The van der Waals surface area contributed by atoms with Crippen LogP contribution in [0.5, 0.6) is 0 Å². The first-order chi connectivity index (χ1) is 3.35. The summed E-state index contributed by atoms with van der Waals surface area (Å²) in [6.07, 6.45) is 0. The van der Waals surface area contributed by atoms with E-state index in [9.17, 15) is 0 Å². The van der Waals surface area contributed by atoms with E-state index < -0.39 is 6.48 Å². The van der Waals surface area contributed by atoms with E-state index in [-0.39, 0.29) is 0 Å². The van der Waals surface area contributed by atoms with Gasteiger partial charge in [-0.15, -0.1) is 0 Å². The van der Waals surface area contributed by atoms with Gasteiger partial charge in [-0.3, -0.25) is 0 Å². The number of ether oxygens (including phenoxy) is 2. The summed E-state index contributed by atoms with van der Waals surface area (Å²) in [5.41, 5.74) is 0. The molecule has 3 nitrogen and oxygen atoms in total. The zero-order valence-electron chi connectivity index (χ0n) is 4.30. The van der Waals surface area contributed by atoms with Crippen molar-refractivity contribution in [2.75, 3.05) is 14.2 Å². The van der Waals surface area contributed by atoms with Gasteiger partial charge in [0.25, 0.3) is 17.0 Å². The van der Waals surface area contributed by atoms with E-state index in [2.05, 4.69) is 24.4 Å². The first-order valence-corrected chi connectivity index (χ1v) is 2.14. The van der Waals surface area contributed by atoms with E-state index in [4.69, 9.17) is 0 Å². The molecule has 0 heterocycles. The van der Waals surface area contributed by atoms with E-state index in [0.29, 0.717) is 0 Å². The predicted molar refractivity (Wildman–Crippen MR) is 24.6 cm³/mol. The van der Waals surface area contributed by atoms with Gasteiger partial charge in [0, 0.05) is 14.2 Å². The van der Waals surface area contributed by atoms with Crippen molar-refractivity contribution in [2.45, 2.75) is 6.48 Å². The van der Waals surface area contributed by atoms with Gasteiger partial charge in [-0.05, 0) is 0 Å². The van der Waals surface area contributed by atoms with Gasteiger partial charge in [0.2, 0.25) is 0 Å². The Labute approximate surface area is 46.1 Å². The molecule has 0 aliphatic rings. The molecule has 7 heavy (non-hydrogen) atoms. The first-order valence-electron chi connectivity index (χ1n) is 1.73. The molecule has 0 saturated heterocycles. The van der Waals surface area contributed by atoms with Gasteiger partial charge in [-0.2, -0.15) is 0 Å². The summed E-state index contributed by atoms with van der Waals surface area (Å²) in [4.78, 5) is 0. The molecule has 0 atom stereocenters. The molecule has 0 bridgehead atoms. The lowest BCUT2D eigenvalue weighted by molar-refractivity contribution is -0.217. The summed E-state index contributed by atoms with van der Waals surface area (Å²) in [6, 6.07) is 0. The monoisotopic (exact) mass is 119 g/mol. The third-order valence-corrected chi connectivity index (χ3v) is 0.674. The highest BCUT2D eigenvalue weighted by Crippen LogP contribution is 1.86. The molecule has 0 aromatic rings. The molecule has 0 aliphatic carbocycles. The van der Waals surface area contributed by atoms with Gasteiger partial charge < -0.3 is 13.9 Å². The minimum Gasteiger partial charge on any atom is -0.373 e. The smallest absolute Gasteiger partial charge is 0.261 e. The highest BCUT2D eigenvalue weighted by atomic mass is 28.2. The van der Waals surface area contributed by atoms with Crippen LogP contribution in [-0.2, 0) is 13.9 Å². The Bertz CT molecular complexity index is 31.7. The zero-order chi connectivity index (χ0) is 5.70. The lowest BCUT2D eigenvalue weighted by Gasteiger charge is -2.08. The van der Waals surface area contributed by atoms with Crippen molar-refractivity contribution in [3.05, 3.63) is 0 Å². The van der Waals surface area contributed by atoms with Crippen LogP contribution in [0.3, 0.4) is 0 Å². The van der Waals surface area contributed by atoms with Gasteiger partial charge >= 0.3 is 0 Å². The molecule has 0 aliphatic heterocycles. The molecule has 3 radical (unpaired) electrons. The van der Waals surface area contributed by atoms with Crippen LogP contribution >= 0.6 is 0 Å². The van der Waals surface area contributed by atoms with Crippen LogP contribution in [0.25, 0.3) is 0 Å². The Hall–Kier alpha value is 0.0969. The summed E-state index contributed by atoms with van der Waals surface area (Å²) in [5, 5.41) is 0. The van der Waals surface area contributed by atoms with Crippen molar-refractivity contribution < 1.29 is 13.9 Å². The fourth-order valence-electron chi connectivity index (χ4n) is 0.192. The molecule has 0 amide bonds. The largest absolute Gasteiger partial charge is 0.373 e. The summed E-state index contributed by atoms with van der Waals surface area (Å²) in [7, 11) is 5.69. The number of hydrogen-bond donors (Lipinski definition) is 0. The molecule has 0 spiro atoms. The molecule has 0 N–H and O–H groups in total. The number of hydrogen-bond acceptors (Lipinski definition) is 3. The van der Waals surface area contributed by atoms with Crippen LogP contribution in [-0.4, -0.2) is 31.2 Å². The van der Waals surface area contributed by atoms with E-state index >= 15 is 0 Å². The third-order valence-electron chi connectivity index (χ3n) is 0.481. The maximum Gasteiger partial charge on any atom is 0.261 e. The molecular weight excluding hydrogens is 112 g/mol. The van der Waals surface area contributed by atoms with Crippen LogP contribution < -0.4 is 0 Å². The minimum absolute atomic E-state index is 0.600. The van der Waals surface area contributed by atoms with Crippen molar-refractivity contribution in [1.29, 1.82) is 0 Å². The normalized spacial score (nSPS) is 10.3. The van der Waals surface area contributed by atoms with Crippen LogP contribution in [0.1, 0.15) is 0 Å². The van der Waals surface area contributed by atoms with Gasteiger partial charge in [-0.25, -0.2) is 0 Å². The van der Waals surface area contributed by atoms with Crippen molar-refractivity contribution in [1.82, 2.24) is 0 Å². The van der Waals surface area contributed by atoms with Crippen LogP contribution in [0, 0.1) is 0 Å². The van der Waals surface area contributed by atoms with Gasteiger partial charge in [0.05, 0.1) is 0 Å². The second-order valence-corrected chi connectivity index (χ2v) is 1.11. The highest BCUT2D eigenvalue weighted by molar-refractivity contribution is 5.97. The molecule has 41 valence electrons. The average molecular weight is 119 g/mol. The lowest BCUT2D eigenvalue weighted by Crippen LogP contribution is -2.15. The van der Waals surface area contributed by atoms with Gasteiger partial charge in [-0.1, -0.05) is 0 Å². The Kier molecular flexibility index (Phi) is 4.32. The molecule has 0 saturated carbocycles. The summed E-state index contributed by atoms with van der Waals surface area (Å²) in [6.45, 7) is -0.600. The van der Waals surface area contributed by atoms with Gasteiger partial charge in [0.1, 0.15) is 0 Å².